The summed E-state index contributed by atoms with van der Waals surface area (Å²) >= 11 is 1.62. The Morgan fingerprint density at radius 2 is 2.33 bits per heavy atom. The van der Waals surface area contributed by atoms with Gasteiger partial charge in [-0.15, -0.1) is 23.7 Å². The molecular weight excluding hydrogens is 268 g/mol. The molecule has 2 saturated heterocycles. The molecule has 2 N–H and O–H groups in total. The largest absolute Gasteiger partial charge is 0.375 e. The molecule has 0 saturated carbocycles. The molecule has 2 fully saturated rings. The minimum absolute atomic E-state index is 0. The summed E-state index contributed by atoms with van der Waals surface area (Å²) in [6, 6.07) is 1.43. The summed E-state index contributed by atoms with van der Waals surface area (Å²) in [4.78, 5) is 10.7. The maximum absolute atomic E-state index is 5.68. The Balaban J connectivity index is 0.00000120. The van der Waals surface area contributed by atoms with Gasteiger partial charge in [0.15, 0.2) is 5.13 Å². The zero-order valence-electron chi connectivity index (χ0n) is 10.7. The summed E-state index contributed by atoms with van der Waals surface area (Å²) < 4.78 is 0. The van der Waals surface area contributed by atoms with Gasteiger partial charge in [0.05, 0.1) is 0 Å². The highest BCUT2D eigenvalue weighted by Gasteiger charge is 2.34. The van der Waals surface area contributed by atoms with E-state index in [0.29, 0.717) is 11.2 Å². The van der Waals surface area contributed by atoms with Gasteiger partial charge in [-0.05, 0) is 26.3 Å². The number of anilines is 1. The minimum atomic E-state index is 0. The van der Waals surface area contributed by atoms with E-state index in [1.807, 2.05) is 6.20 Å². The Hall–Kier alpha value is -0.360. The van der Waals surface area contributed by atoms with E-state index in [0.717, 1.165) is 12.6 Å². The molecule has 0 bridgehead atoms. The third kappa shape index (κ3) is 2.79. The fourth-order valence-electron chi connectivity index (χ4n) is 3.06. The van der Waals surface area contributed by atoms with Crippen LogP contribution in [0, 0.1) is 0 Å². The number of fused-ring (bicyclic) bond motifs is 1. The number of hydrogen-bond donors (Lipinski definition) is 1. The van der Waals surface area contributed by atoms with Crippen LogP contribution in [-0.4, -0.2) is 46.5 Å². The van der Waals surface area contributed by atoms with Gasteiger partial charge in [-0.1, -0.05) is 0 Å². The van der Waals surface area contributed by atoms with Crippen molar-refractivity contribution in [2.75, 3.05) is 25.4 Å². The first-order chi connectivity index (χ1) is 8.22. The topological polar surface area (TPSA) is 45.4 Å². The number of nitrogens with zero attached hydrogens (tertiary/aromatic N) is 3. The molecule has 2 unspecified atom stereocenters. The lowest BCUT2D eigenvalue weighted by atomic mass is 10.1. The molecule has 4 nitrogen and oxygen atoms in total. The summed E-state index contributed by atoms with van der Waals surface area (Å²) in [6.07, 6.45) is 4.67. The second-order valence-electron chi connectivity index (χ2n) is 5.23. The molecule has 1 aromatic rings. The number of piperazine rings is 1. The summed E-state index contributed by atoms with van der Waals surface area (Å²) in [5.41, 5.74) is 5.68. The van der Waals surface area contributed by atoms with Crippen LogP contribution in [0.3, 0.4) is 0 Å². The van der Waals surface area contributed by atoms with Crippen LogP contribution in [0.25, 0.3) is 0 Å². The van der Waals surface area contributed by atoms with Gasteiger partial charge in [-0.2, -0.15) is 0 Å². The monoisotopic (exact) mass is 288 g/mol. The van der Waals surface area contributed by atoms with Gasteiger partial charge >= 0.3 is 0 Å². The number of hydrogen-bond acceptors (Lipinski definition) is 5. The smallest absolute Gasteiger partial charge is 0.180 e. The fourth-order valence-corrected chi connectivity index (χ4v) is 3.77. The van der Waals surface area contributed by atoms with Crippen molar-refractivity contribution in [1.82, 2.24) is 14.8 Å². The van der Waals surface area contributed by atoms with Crippen molar-refractivity contribution in [3.05, 3.63) is 11.1 Å². The van der Waals surface area contributed by atoms with Gasteiger partial charge < -0.3 is 5.73 Å². The van der Waals surface area contributed by atoms with E-state index in [4.69, 9.17) is 5.73 Å². The molecule has 0 aromatic carbocycles. The summed E-state index contributed by atoms with van der Waals surface area (Å²) in [5.74, 6) is 0. The van der Waals surface area contributed by atoms with Gasteiger partial charge in [0, 0.05) is 42.8 Å². The molecule has 0 radical (unpaired) electrons. The van der Waals surface area contributed by atoms with Crippen LogP contribution in [0.15, 0.2) is 6.20 Å². The average molecular weight is 289 g/mol. The molecule has 2 atom stereocenters. The molecule has 3 rings (SSSR count). The zero-order chi connectivity index (χ0) is 11.8. The Labute approximate surface area is 119 Å². The van der Waals surface area contributed by atoms with E-state index in [1.165, 1.54) is 37.4 Å². The van der Waals surface area contributed by atoms with Crippen molar-refractivity contribution >= 4 is 28.9 Å². The van der Waals surface area contributed by atoms with Crippen LogP contribution in [0.2, 0.25) is 0 Å². The molecular formula is C12H21ClN4S. The molecule has 6 heteroatoms. The van der Waals surface area contributed by atoms with E-state index in [2.05, 4.69) is 21.7 Å². The SMILES string of the molecule is CC1CN2CCCC2CN1Cc1cnc(N)s1.Cl. The molecule has 18 heavy (non-hydrogen) atoms. The maximum atomic E-state index is 5.68. The van der Waals surface area contributed by atoms with Gasteiger partial charge in [-0.3, -0.25) is 9.80 Å². The summed E-state index contributed by atoms with van der Waals surface area (Å²) in [6.45, 7) is 7.08. The van der Waals surface area contributed by atoms with Gasteiger partial charge in [-0.25, -0.2) is 4.98 Å². The second-order valence-corrected chi connectivity index (χ2v) is 6.38. The molecule has 0 aliphatic carbocycles. The van der Waals surface area contributed by atoms with Gasteiger partial charge in [0.25, 0.3) is 0 Å². The van der Waals surface area contributed by atoms with Crippen molar-refractivity contribution in [3.63, 3.8) is 0 Å². The van der Waals surface area contributed by atoms with E-state index >= 15 is 0 Å². The molecule has 3 heterocycles. The highest BCUT2D eigenvalue weighted by atomic mass is 35.5. The van der Waals surface area contributed by atoms with Crippen molar-refractivity contribution < 1.29 is 0 Å². The molecule has 0 spiro atoms. The van der Waals surface area contributed by atoms with E-state index < -0.39 is 0 Å². The number of nitrogens with two attached hydrogens (primary N) is 1. The summed E-state index contributed by atoms with van der Waals surface area (Å²) in [7, 11) is 0. The van der Waals surface area contributed by atoms with Gasteiger partial charge in [0.1, 0.15) is 0 Å². The average Bonchev–Trinajstić information content (AvgIpc) is 2.88. The van der Waals surface area contributed by atoms with Crippen LogP contribution in [0.4, 0.5) is 5.13 Å². The lowest BCUT2D eigenvalue weighted by Crippen LogP contribution is -2.54. The van der Waals surface area contributed by atoms with E-state index in [1.54, 1.807) is 11.3 Å². The second kappa shape index (κ2) is 5.74. The number of halogens is 1. The highest BCUT2D eigenvalue weighted by molar-refractivity contribution is 7.15. The van der Waals surface area contributed by atoms with Gasteiger partial charge in [0.2, 0.25) is 0 Å². The fraction of sp³-hybridized carbons (Fsp3) is 0.750. The van der Waals surface area contributed by atoms with Crippen molar-refractivity contribution in [2.45, 2.75) is 38.4 Å². The Morgan fingerprint density at radius 1 is 1.50 bits per heavy atom. The summed E-state index contributed by atoms with van der Waals surface area (Å²) in [5, 5.41) is 0.687. The number of rotatable bonds is 2. The third-order valence-electron chi connectivity index (χ3n) is 4.00. The molecule has 2 aliphatic heterocycles. The lowest BCUT2D eigenvalue weighted by molar-refractivity contribution is 0.0547. The van der Waals surface area contributed by atoms with E-state index in [9.17, 15) is 0 Å². The molecule has 0 amide bonds. The first kappa shape index (κ1) is 14.1. The molecule has 1 aromatic heterocycles. The maximum Gasteiger partial charge on any atom is 0.180 e. The zero-order valence-corrected chi connectivity index (χ0v) is 12.3. The van der Waals surface area contributed by atoms with Crippen molar-refractivity contribution in [1.29, 1.82) is 0 Å². The highest BCUT2D eigenvalue weighted by Crippen LogP contribution is 2.26. The quantitative estimate of drug-likeness (QED) is 0.902. The number of nitrogen functional groups attached to an aromatic ring is 1. The predicted octanol–water partition coefficient (Wildman–Crippen LogP) is 1.82. The van der Waals surface area contributed by atoms with Crippen LogP contribution in [-0.2, 0) is 6.54 Å². The predicted molar refractivity (Wildman–Crippen MR) is 78.2 cm³/mol. The van der Waals surface area contributed by atoms with Crippen LogP contribution in [0.5, 0.6) is 0 Å². The Kier molecular flexibility index (Phi) is 4.48. The van der Waals surface area contributed by atoms with Crippen molar-refractivity contribution in [3.8, 4) is 0 Å². The number of thiazole rings is 1. The van der Waals surface area contributed by atoms with Crippen molar-refractivity contribution in [2.24, 2.45) is 0 Å². The standard InChI is InChI=1S/C12H20N4S.ClH/c1-9-6-15-4-2-3-10(15)7-16(9)8-11-5-14-12(13)17-11;/h5,9-10H,2-4,6-8H2,1H3,(H2,13,14);1H. The first-order valence-electron chi connectivity index (χ1n) is 6.40. The first-order valence-corrected chi connectivity index (χ1v) is 7.22. The normalized spacial score (nSPS) is 28.9. The minimum Gasteiger partial charge on any atom is -0.375 e. The Morgan fingerprint density at radius 3 is 3.06 bits per heavy atom. The van der Waals surface area contributed by atoms with Crippen LogP contribution < -0.4 is 5.73 Å². The lowest BCUT2D eigenvalue weighted by Gasteiger charge is -2.42. The molecule has 102 valence electrons. The third-order valence-corrected chi connectivity index (χ3v) is 4.81. The van der Waals surface area contributed by atoms with Crippen LogP contribution >= 0.6 is 23.7 Å². The number of aromatic nitrogens is 1. The van der Waals surface area contributed by atoms with Crippen LogP contribution in [0.1, 0.15) is 24.6 Å². The van der Waals surface area contributed by atoms with E-state index in [-0.39, 0.29) is 12.4 Å². The molecule has 2 aliphatic rings. The Bertz CT molecular complexity index is 397.